The predicted octanol–water partition coefficient (Wildman–Crippen LogP) is -3.51. The first-order chi connectivity index (χ1) is 15.9. The number of amides is 4. The van der Waals surface area contributed by atoms with Gasteiger partial charge in [0.05, 0.1) is 18.8 Å². The minimum atomic E-state index is -1.60. The van der Waals surface area contributed by atoms with E-state index in [0.29, 0.717) is 5.69 Å². The first-order valence-electron chi connectivity index (χ1n) is 9.92. The monoisotopic (exact) mass is 501 g/mol. The molecular formula is C18H27N7O8S. The SMILES string of the molecule is NC(=O)CC(NC(=O)C(Cc1cnc[nH]1)NC(=O)C(N)CS)C(=O)NC(CCC(=O)O)C(=O)O. The Labute approximate surface area is 198 Å². The van der Waals surface area contributed by atoms with E-state index in [0.717, 1.165) is 0 Å². The number of hydrogen-bond acceptors (Lipinski definition) is 9. The molecule has 188 valence electrons. The van der Waals surface area contributed by atoms with Gasteiger partial charge in [-0.2, -0.15) is 12.6 Å². The standard InChI is InChI=1S/C18H27N7O8S/c19-9(6-34)15(29)24-11(3-8-5-21-7-22-8)16(30)25-12(4-13(20)26)17(31)23-10(18(32)33)1-2-14(27)28/h5,7,9-12,34H,1-4,6,19H2,(H2,20,26)(H,21,22)(H,23,31)(H,24,29)(H,25,30)(H,27,28)(H,32,33). The van der Waals surface area contributed by atoms with Crippen LogP contribution in [-0.2, 0) is 35.2 Å². The van der Waals surface area contributed by atoms with Crippen LogP contribution in [0.3, 0.4) is 0 Å². The molecule has 4 atom stereocenters. The number of thiol groups is 1. The van der Waals surface area contributed by atoms with Gasteiger partial charge in [0.2, 0.25) is 23.6 Å². The molecule has 0 bridgehead atoms. The molecule has 34 heavy (non-hydrogen) atoms. The Bertz CT molecular complexity index is 895. The summed E-state index contributed by atoms with van der Waals surface area (Å²) in [5, 5.41) is 24.7. The normalized spacial score (nSPS) is 14.2. The van der Waals surface area contributed by atoms with Crippen molar-refractivity contribution in [3.8, 4) is 0 Å². The number of rotatable bonds is 15. The molecule has 0 spiro atoms. The number of H-pyrrole nitrogens is 1. The van der Waals surface area contributed by atoms with E-state index in [1.807, 2.05) is 0 Å². The number of aliphatic carboxylic acids is 2. The van der Waals surface area contributed by atoms with Gasteiger partial charge in [-0.3, -0.25) is 24.0 Å². The van der Waals surface area contributed by atoms with Gasteiger partial charge in [-0.25, -0.2) is 9.78 Å². The van der Waals surface area contributed by atoms with Gasteiger partial charge in [0.15, 0.2) is 0 Å². The minimum Gasteiger partial charge on any atom is -0.481 e. The molecule has 0 aliphatic carbocycles. The lowest BCUT2D eigenvalue weighted by Crippen LogP contribution is -2.58. The molecule has 16 heteroatoms. The maximum Gasteiger partial charge on any atom is 0.326 e. The van der Waals surface area contributed by atoms with Gasteiger partial charge in [-0.1, -0.05) is 0 Å². The van der Waals surface area contributed by atoms with Gasteiger partial charge in [-0.15, -0.1) is 0 Å². The lowest BCUT2D eigenvalue weighted by Gasteiger charge is -2.24. The number of nitrogens with two attached hydrogens (primary N) is 2. The summed E-state index contributed by atoms with van der Waals surface area (Å²) in [6.07, 6.45) is 0.986. The van der Waals surface area contributed by atoms with Gasteiger partial charge >= 0.3 is 11.9 Å². The number of aromatic nitrogens is 2. The van der Waals surface area contributed by atoms with Crippen LogP contribution >= 0.6 is 12.6 Å². The number of primary amides is 1. The van der Waals surface area contributed by atoms with Crippen molar-refractivity contribution in [2.45, 2.75) is 49.9 Å². The Morgan fingerprint density at radius 3 is 2.09 bits per heavy atom. The first kappa shape index (κ1) is 28.4. The maximum atomic E-state index is 12.9. The number of nitrogens with one attached hydrogen (secondary N) is 4. The molecule has 0 fully saturated rings. The van der Waals surface area contributed by atoms with Crippen LogP contribution in [0.4, 0.5) is 0 Å². The zero-order valence-electron chi connectivity index (χ0n) is 17.9. The largest absolute Gasteiger partial charge is 0.481 e. The average Bonchev–Trinajstić information content (AvgIpc) is 3.27. The summed E-state index contributed by atoms with van der Waals surface area (Å²) in [6.45, 7) is 0. The molecule has 1 heterocycles. The van der Waals surface area contributed by atoms with E-state index in [2.05, 4.69) is 38.5 Å². The lowest BCUT2D eigenvalue weighted by atomic mass is 10.1. The topological polar surface area (TPSA) is 260 Å². The molecule has 0 aliphatic rings. The number of carbonyl (C=O) groups is 6. The zero-order valence-corrected chi connectivity index (χ0v) is 18.8. The number of carboxylic acid groups (broad SMARTS) is 2. The minimum absolute atomic E-state index is 0.0101. The summed E-state index contributed by atoms with van der Waals surface area (Å²) in [5.74, 6) is -6.46. The van der Waals surface area contributed by atoms with Crippen LogP contribution < -0.4 is 27.4 Å². The van der Waals surface area contributed by atoms with Crippen LogP contribution in [0.15, 0.2) is 12.5 Å². The number of hydrogen-bond donors (Lipinski definition) is 9. The van der Waals surface area contributed by atoms with Gasteiger partial charge < -0.3 is 42.6 Å². The smallest absolute Gasteiger partial charge is 0.326 e. The fourth-order valence-corrected chi connectivity index (χ4v) is 2.83. The van der Waals surface area contributed by atoms with Gasteiger partial charge in [0.25, 0.3) is 0 Å². The number of nitrogens with zero attached hydrogens (tertiary/aromatic N) is 1. The molecule has 1 aromatic rings. The van der Waals surface area contributed by atoms with Crippen molar-refractivity contribution in [2.24, 2.45) is 11.5 Å². The van der Waals surface area contributed by atoms with E-state index in [-0.39, 0.29) is 12.2 Å². The van der Waals surface area contributed by atoms with Gasteiger partial charge in [0, 0.05) is 30.5 Å². The highest BCUT2D eigenvalue weighted by molar-refractivity contribution is 7.80. The van der Waals surface area contributed by atoms with E-state index < -0.39 is 79.0 Å². The first-order valence-corrected chi connectivity index (χ1v) is 10.6. The Kier molecular flexibility index (Phi) is 11.5. The molecule has 15 nitrogen and oxygen atoms in total. The summed E-state index contributed by atoms with van der Waals surface area (Å²) >= 11 is 3.92. The quantitative estimate of drug-likeness (QED) is 0.107. The van der Waals surface area contributed by atoms with Gasteiger partial charge in [0.1, 0.15) is 18.1 Å². The highest BCUT2D eigenvalue weighted by atomic mass is 32.1. The molecule has 0 saturated heterocycles. The highest BCUT2D eigenvalue weighted by Gasteiger charge is 2.31. The Morgan fingerprint density at radius 1 is 1.00 bits per heavy atom. The fourth-order valence-electron chi connectivity index (χ4n) is 2.67. The van der Waals surface area contributed by atoms with E-state index >= 15 is 0 Å². The average molecular weight is 502 g/mol. The third kappa shape index (κ3) is 9.86. The van der Waals surface area contributed by atoms with Crippen molar-refractivity contribution in [2.75, 3.05) is 5.75 Å². The third-order valence-electron chi connectivity index (χ3n) is 4.45. The van der Waals surface area contributed by atoms with Crippen LogP contribution in [0.5, 0.6) is 0 Å². The second-order valence-corrected chi connectivity index (χ2v) is 7.56. The van der Waals surface area contributed by atoms with E-state index in [1.54, 1.807) is 0 Å². The summed E-state index contributed by atoms with van der Waals surface area (Å²) in [4.78, 5) is 77.8. The molecule has 4 unspecified atom stereocenters. The predicted molar refractivity (Wildman–Crippen MR) is 118 cm³/mol. The van der Waals surface area contributed by atoms with Crippen molar-refractivity contribution >= 4 is 48.2 Å². The van der Waals surface area contributed by atoms with Crippen LogP contribution in [0.25, 0.3) is 0 Å². The van der Waals surface area contributed by atoms with Crippen LogP contribution in [0.2, 0.25) is 0 Å². The molecule has 0 radical (unpaired) electrons. The van der Waals surface area contributed by atoms with Crippen molar-refractivity contribution in [1.82, 2.24) is 25.9 Å². The van der Waals surface area contributed by atoms with Gasteiger partial charge in [-0.05, 0) is 6.42 Å². The zero-order chi connectivity index (χ0) is 25.8. The van der Waals surface area contributed by atoms with Crippen LogP contribution in [-0.4, -0.2) is 85.7 Å². The summed E-state index contributed by atoms with van der Waals surface area (Å²) in [6, 6.07) is -5.49. The highest BCUT2D eigenvalue weighted by Crippen LogP contribution is 2.04. The van der Waals surface area contributed by atoms with Crippen molar-refractivity contribution in [3.05, 3.63) is 18.2 Å². The van der Waals surface area contributed by atoms with Crippen molar-refractivity contribution in [1.29, 1.82) is 0 Å². The van der Waals surface area contributed by atoms with Crippen molar-refractivity contribution < 1.29 is 39.0 Å². The van der Waals surface area contributed by atoms with Crippen LogP contribution in [0, 0.1) is 0 Å². The summed E-state index contributed by atoms with van der Waals surface area (Å²) < 4.78 is 0. The Balaban J connectivity index is 3.03. The van der Waals surface area contributed by atoms with E-state index in [1.165, 1.54) is 12.5 Å². The van der Waals surface area contributed by atoms with E-state index in [4.69, 9.17) is 16.6 Å². The fraction of sp³-hybridized carbons (Fsp3) is 0.500. The Hall–Kier alpha value is -3.66. The third-order valence-corrected chi connectivity index (χ3v) is 4.84. The summed E-state index contributed by atoms with van der Waals surface area (Å²) in [7, 11) is 0. The lowest BCUT2D eigenvalue weighted by molar-refractivity contribution is -0.143. The number of carboxylic acids is 2. The van der Waals surface area contributed by atoms with Crippen molar-refractivity contribution in [3.63, 3.8) is 0 Å². The molecule has 1 rings (SSSR count). The second-order valence-electron chi connectivity index (χ2n) is 7.19. The maximum absolute atomic E-state index is 12.9. The number of carbonyl (C=O) groups excluding carboxylic acids is 4. The molecule has 10 N–H and O–H groups in total. The number of aromatic amines is 1. The summed E-state index contributed by atoms with van der Waals surface area (Å²) in [5.41, 5.74) is 11.2. The molecular weight excluding hydrogens is 474 g/mol. The van der Waals surface area contributed by atoms with Crippen LogP contribution in [0.1, 0.15) is 25.0 Å². The molecule has 4 amide bonds. The molecule has 0 aliphatic heterocycles. The Morgan fingerprint density at radius 2 is 1.59 bits per heavy atom. The van der Waals surface area contributed by atoms with E-state index in [9.17, 15) is 33.9 Å². The molecule has 0 saturated carbocycles. The molecule has 0 aromatic carbocycles. The second kappa shape index (κ2) is 13.8. The number of imidazole rings is 1. The molecule has 1 aromatic heterocycles.